The lowest BCUT2D eigenvalue weighted by molar-refractivity contribution is -0.130. The molecule has 1 atom stereocenters. The van der Waals surface area contributed by atoms with Gasteiger partial charge in [0.2, 0.25) is 11.8 Å². The van der Waals surface area contributed by atoms with Crippen LogP contribution in [0.3, 0.4) is 0 Å². The number of hydrazone groups is 1. The molecule has 0 radical (unpaired) electrons. The number of amides is 1. The highest BCUT2D eigenvalue weighted by Gasteiger charge is 2.34. The summed E-state index contributed by atoms with van der Waals surface area (Å²) in [5, 5.41) is 15.7. The number of nitrogens with zero attached hydrogens (tertiary/aromatic N) is 3. The van der Waals surface area contributed by atoms with Crippen LogP contribution in [0.15, 0.2) is 43.4 Å². The second kappa shape index (κ2) is 6.32. The third-order valence-corrected chi connectivity index (χ3v) is 4.60. The SMILES string of the molecule is CC(=O)N1N=C(c2c(O)n(C)c(=O)[nH]c2=O)C[C@H]1c1ccc(Br)cc1. The van der Waals surface area contributed by atoms with Gasteiger partial charge in [0.1, 0.15) is 5.56 Å². The molecule has 1 aromatic heterocycles. The first-order chi connectivity index (χ1) is 11.8. The monoisotopic (exact) mass is 406 g/mol. The normalized spacial score (nSPS) is 16.8. The van der Waals surface area contributed by atoms with Gasteiger partial charge in [0.25, 0.3) is 5.56 Å². The van der Waals surface area contributed by atoms with Crippen LogP contribution in [0.25, 0.3) is 0 Å². The van der Waals surface area contributed by atoms with Crippen molar-refractivity contribution in [3.63, 3.8) is 0 Å². The molecule has 1 amide bonds. The average molecular weight is 407 g/mol. The number of carbonyl (C=O) groups is 1. The van der Waals surface area contributed by atoms with Crippen molar-refractivity contribution in [3.8, 4) is 5.88 Å². The van der Waals surface area contributed by atoms with Gasteiger partial charge in [-0.1, -0.05) is 28.1 Å². The third-order valence-electron chi connectivity index (χ3n) is 4.07. The number of halogens is 1. The lowest BCUT2D eigenvalue weighted by Gasteiger charge is -2.20. The van der Waals surface area contributed by atoms with Crippen LogP contribution in [0.1, 0.15) is 30.5 Å². The molecule has 2 aromatic rings. The summed E-state index contributed by atoms with van der Waals surface area (Å²) in [6.07, 6.45) is 0.246. The molecule has 2 N–H and O–H groups in total. The van der Waals surface area contributed by atoms with Gasteiger partial charge in [-0.3, -0.25) is 19.1 Å². The smallest absolute Gasteiger partial charge is 0.330 e. The molecule has 9 heteroatoms. The quantitative estimate of drug-likeness (QED) is 0.781. The number of rotatable bonds is 2. The van der Waals surface area contributed by atoms with E-state index in [4.69, 9.17) is 0 Å². The second-order valence-electron chi connectivity index (χ2n) is 5.70. The lowest BCUT2D eigenvalue weighted by Crippen LogP contribution is -2.32. The minimum Gasteiger partial charge on any atom is -0.494 e. The van der Waals surface area contributed by atoms with Gasteiger partial charge in [-0.15, -0.1) is 0 Å². The minimum atomic E-state index is -0.737. The molecule has 0 saturated carbocycles. The first-order valence-electron chi connectivity index (χ1n) is 7.45. The van der Waals surface area contributed by atoms with Gasteiger partial charge in [0.15, 0.2) is 0 Å². The molecule has 8 nitrogen and oxygen atoms in total. The molecular weight excluding hydrogens is 392 g/mol. The molecule has 0 unspecified atom stereocenters. The summed E-state index contributed by atoms with van der Waals surface area (Å²) in [6, 6.07) is 7.02. The van der Waals surface area contributed by atoms with E-state index in [-0.39, 0.29) is 23.6 Å². The highest BCUT2D eigenvalue weighted by atomic mass is 79.9. The zero-order valence-corrected chi connectivity index (χ0v) is 15.1. The van der Waals surface area contributed by atoms with E-state index in [0.717, 1.165) is 14.6 Å². The Labute approximate surface area is 150 Å². The zero-order valence-electron chi connectivity index (χ0n) is 13.5. The van der Waals surface area contributed by atoms with Crippen molar-refractivity contribution < 1.29 is 9.90 Å². The minimum absolute atomic E-state index is 0.104. The Balaban J connectivity index is 2.08. The van der Waals surface area contributed by atoms with E-state index in [0.29, 0.717) is 0 Å². The maximum Gasteiger partial charge on any atom is 0.330 e. The van der Waals surface area contributed by atoms with Crippen LogP contribution in [0.4, 0.5) is 0 Å². The third kappa shape index (κ3) is 3.02. The Hall–Kier alpha value is -2.68. The van der Waals surface area contributed by atoms with E-state index in [1.807, 2.05) is 24.3 Å². The van der Waals surface area contributed by atoms with Crippen molar-refractivity contribution in [2.75, 3.05) is 0 Å². The van der Waals surface area contributed by atoms with Gasteiger partial charge in [0, 0.05) is 24.9 Å². The van der Waals surface area contributed by atoms with Crippen LogP contribution >= 0.6 is 15.9 Å². The van der Waals surface area contributed by atoms with Crippen LogP contribution in [0.2, 0.25) is 0 Å². The largest absolute Gasteiger partial charge is 0.494 e. The summed E-state index contributed by atoms with van der Waals surface area (Å²) in [6.45, 7) is 1.38. The number of aromatic hydroxyl groups is 1. The molecule has 1 aliphatic rings. The lowest BCUT2D eigenvalue weighted by atomic mass is 9.99. The van der Waals surface area contributed by atoms with Crippen LogP contribution < -0.4 is 11.2 Å². The topological polar surface area (TPSA) is 108 Å². The Morgan fingerprint density at radius 1 is 1.32 bits per heavy atom. The summed E-state index contributed by atoms with van der Waals surface area (Å²) in [5.41, 5.74) is -0.472. The van der Waals surface area contributed by atoms with Gasteiger partial charge in [-0.2, -0.15) is 5.10 Å². The van der Waals surface area contributed by atoms with Gasteiger partial charge in [-0.25, -0.2) is 9.80 Å². The maximum absolute atomic E-state index is 12.1. The zero-order chi connectivity index (χ0) is 18.3. The number of nitrogens with one attached hydrogen (secondary N) is 1. The van der Waals surface area contributed by atoms with Crippen molar-refractivity contribution in [2.24, 2.45) is 12.1 Å². The summed E-state index contributed by atoms with van der Waals surface area (Å²) in [7, 11) is 1.33. The highest BCUT2D eigenvalue weighted by Crippen LogP contribution is 2.33. The van der Waals surface area contributed by atoms with Gasteiger partial charge < -0.3 is 5.11 Å². The molecule has 25 heavy (non-hydrogen) atoms. The van der Waals surface area contributed by atoms with Crippen molar-refractivity contribution in [1.29, 1.82) is 0 Å². The van der Waals surface area contributed by atoms with E-state index in [1.165, 1.54) is 19.0 Å². The molecule has 0 fully saturated rings. The number of H-pyrrole nitrogens is 1. The molecule has 0 bridgehead atoms. The van der Waals surface area contributed by atoms with E-state index >= 15 is 0 Å². The average Bonchev–Trinajstić information content (AvgIpc) is 2.98. The Bertz CT molecular complexity index is 991. The van der Waals surface area contributed by atoms with E-state index < -0.39 is 23.2 Å². The number of hydrogen-bond acceptors (Lipinski definition) is 5. The molecule has 130 valence electrons. The molecule has 0 spiro atoms. The van der Waals surface area contributed by atoms with E-state index in [9.17, 15) is 19.5 Å². The van der Waals surface area contributed by atoms with E-state index in [1.54, 1.807) is 0 Å². The maximum atomic E-state index is 12.1. The predicted molar refractivity (Wildman–Crippen MR) is 94.5 cm³/mol. The van der Waals surface area contributed by atoms with Crippen molar-refractivity contribution >= 4 is 27.5 Å². The Morgan fingerprint density at radius 2 is 1.96 bits per heavy atom. The summed E-state index contributed by atoms with van der Waals surface area (Å²) >= 11 is 3.36. The standard InChI is InChI=1S/C16H15BrN4O4/c1-8(22)21-12(9-3-5-10(17)6-4-9)7-11(19-21)13-14(23)18-16(25)20(2)15(13)24/h3-6,12,24H,7H2,1-2H3,(H,18,23,25)/t12-/m0/s1. The molecule has 0 aliphatic carbocycles. The fourth-order valence-corrected chi connectivity index (χ4v) is 3.03. The van der Waals surface area contributed by atoms with Crippen LogP contribution in [-0.2, 0) is 11.8 Å². The van der Waals surface area contributed by atoms with Gasteiger partial charge >= 0.3 is 5.69 Å². The number of aromatic nitrogens is 2. The second-order valence-corrected chi connectivity index (χ2v) is 6.61. The van der Waals surface area contributed by atoms with Gasteiger partial charge in [-0.05, 0) is 17.7 Å². The molecule has 1 aliphatic heterocycles. The number of hydrogen-bond donors (Lipinski definition) is 2. The Morgan fingerprint density at radius 3 is 2.56 bits per heavy atom. The Kier molecular flexibility index (Phi) is 4.34. The van der Waals surface area contributed by atoms with Crippen LogP contribution in [0.5, 0.6) is 5.88 Å². The summed E-state index contributed by atoms with van der Waals surface area (Å²) in [4.78, 5) is 37.8. The number of carbonyl (C=O) groups excluding carboxylic acids is 1. The predicted octanol–water partition coefficient (Wildman–Crippen LogP) is 1.24. The molecule has 3 rings (SSSR count). The van der Waals surface area contributed by atoms with E-state index in [2.05, 4.69) is 26.0 Å². The van der Waals surface area contributed by atoms with Crippen molar-refractivity contribution in [2.45, 2.75) is 19.4 Å². The molecule has 1 aromatic carbocycles. The number of benzene rings is 1. The van der Waals surface area contributed by atoms with Gasteiger partial charge in [0.05, 0.1) is 11.8 Å². The van der Waals surface area contributed by atoms with Crippen LogP contribution in [-0.4, -0.2) is 31.3 Å². The van der Waals surface area contributed by atoms with Crippen LogP contribution in [0, 0.1) is 0 Å². The number of aromatic amines is 1. The summed E-state index contributed by atoms with van der Waals surface area (Å²) < 4.78 is 1.82. The van der Waals surface area contributed by atoms with Crippen molar-refractivity contribution in [3.05, 3.63) is 60.7 Å². The fraction of sp³-hybridized carbons (Fsp3) is 0.250. The highest BCUT2D eigenvalue weighted by molar-refractivity contribution is 9.10. The molecule has 2 heterocycles. The first-order valence-corrected chi connectivity index (χ1v) is 8.24. The summed E-state index contributed by atoms with van der Waals surface area (Å²) in [5.74, 6) is -0.767. The molecular formula is C16H15BrN4O4. The first kappa shape index (κ1) is 17.2. The fourth-order valence-electron chi connectivity index (χ4n) is 2.77. The molecule has 0 saturated heterocycles. The van der Waals surface area contributed by atoms with Crippen molar-refractivity contribution in [1.82, 2.24) is 14.6 Å².